The molecule has 1 aromatic carbocycles. The number of amides is 2. The lowest BCUT2D eigenvalue weighted by atomic mass is 9.63. The Hall–Kier alpha value is -1.20. The molecule has 2 heterocycles. The second-order valence-corrected chi connectivity index (χ2v) is 6.39. The summed E-state index contributed by atoms with van der Waals surface area (Å²) < 4.78 is 6.58. The van der Waals surface area contributed by atoms with Crippen LogP contribution in [0, 0.1) is 5.41 Å². The predicted molar refractivity (Wildman–Crippen MR) is 77.1 cm³/mol. The number of imide groups is 1. The van der Waals surface area contributed by atoms with Gasteiger partial charge in [0.05, 0.1) is 12.0 Å². The van der Waals surface area contributed by atoms with Gasteiger partial charge in [-0.3, -0.25) is 14.9 Å². The first-order chi connectivity index (χ1) is 9.54. The smallest absolute Gasteiger partial charge is 0.234 e. The third kappa shape index (κ3) is 2.00. The summed E-state index contributed by atoms with van der Waals surface area (Å²) in [5.41, 5.74) is 0.498. The highest BCUT2D eigenvalue weighted by Gasteiger charge is 2.55. The van der Waals surface area contributed by atoms with Crippen LogP contribution in [0.5, 0.6) is 0 Å². The molecule has 2 aliphatic heterocycles. The zero-order chi connectivity index (χ0) is 14.3. The van der Waals surface area contributed by atoms with Crippen LogP contribution in [0.4, 0.5) is 0 Å². The van der Waals surface area contributed by atoms with E-state index in [1.54, 1.807) is 0 Å². The van der Waals surface area contributed by atoms with E-state index >= 15 is 0 Å². The Kier molecular flexibility index (Phi) is 3.42. The van der Waals surface area contributed by atoms with Crippen molar-refractivity contribution in [3.8, 4) is 0 Å². The molecule has 0 saturated carbocycles. The van der Waals surface area contributed by atoms with Gasteiger partial charge in [-0.1, -0.05) is 34.1 Å². The molecule has 0 aliphatic carbocycles. The maximum atomic E-state index is 12.5. The lowest BCUT2D eigenvalue weighted by molar-refractivity contribution is -0.142. The van der Waals surface area contributed by atoms with Crippen molar-refractivity contribution in [2.75, 3.05) is 6.61 Å². The third-order valence-corrected chi connectivity index (χ3v) is 5.27. The number of piperidine rings is 1. The van der Waals surface area contributed by atoms with Gasteiger partial charge in [0, 0.05) is 22.9 Å². The van der Waals surface area contributed by atoms with E-state index in [4.69, 9.17) is 4.74 Å². The van der Waals surface area contributed by atoms with Crippen molar-refractivity contribution in [1.82, 2.24) is 5.32 Å². The molecule has 0 aromatic heterocycles. The molecule has 2 aliphatic rings. The Balaban J connectivity index is 2.12. The van der Waals surface area contributed by atoms with E-state index in [0.717, 1.165) is 16.5 Å². The molecule has 3 atom stereocenters. The van der Waals surface area contributed by atoms with Crippen LogP contribution < -0.4 is 5.32 Å². The number of hydrogen-bond donors (Lipinski definition) is 1. The van der Waals surface area contributed by atoms with Crippen LogP contribution in [-0.2, 0) is 14.3 Å². The van der Waals surface area contributed by atoms with E-state index in [1.807, 2.05) is 31.2 Å². The fraction of sp³-hybridized carbons (Fsp3) is 0.467. The summed E-state index contributed by atoms with van der Waals surface area (Å²) in [5, 5.41) is 2.47. The standard InChI is InChI=1S/C15H16BrNO3/c1-9-15(6-7-20-9)8-12(18)17-14(19)13(15)10-4-2-3-5-11(10)16/h2-5,9,13H,6-8H2,1H3,(H,17,18,19). The van der Waals surface area contributed by atoms with Crippen molar-refractivity contribution < 1.29 is 14.3 Å². The highest BCUT2D eigenvalue weighted by Crippen LogP contribution is 2.52. The molecule has 3 unspecified atom stereocenters. The summed E-state index contributed by atoms with van der Waals surface area (Å²) in [4.78, 5) is 24.3. The van der Waals surface area contributed by atoms with Crippen molar-refractivity contribution in [2.45, 2.75) is 31.8 Å². The van der Waals surface area contributed by atoms with Gasteiger partial charge in [-0.2, -0.15) is 0 Å². The van der Waals surface area contributed by atoms with Crippen LogP contribution in [0.25, 0.3) is 0 Å². The summed E-state index contributed by atoms with van der Waals surface area (Å²) in [5.74, 6) is -0.769. The van der Waals surface area contributed by atoms with Gasteiger partial charge in [-0.15, -0.1) is 0 Å². The van der Waals surface area contributed by atoms with Gasteiger partial charge in [-0.05, 0) is 25.0 Å². The van der Waals surface area contributed by atoms with E-state index < -0.39 is 5.41 Å². The molecule has 2 saturated heterocycles. The molecule has 2 fully saturated rings. The van der Waals surface area contributed by atoms with Gasteiger partial charge in [0.1, 0.15) is 0 Å². The van der Waals surface area contributed by atoms with Gasteiger partial charge in [0.2, 0.25) is 11.8 Å². The highest BCUT2D eigenvalue weighted by atomic mass is 79.9. The Morgan fingerprint density at radius 3 is 2.75 bits per heavy atom. The number of benzene rings is 1. The lowest BCUT2D eigenvalue weighted by Gasteiger charge is -2.42. The maximum absolute atomic E-state index is 12.5. The third-order valence-electron chi connectivity index (χ3n) is 4.55. The Labute approximate surface area is 126 Å². The average Bonchev–Trinajstić information content (AvgIpc) is 2.72. The summed E-state index contributed by atoms with van der Waals surface area (Å²) in [7, 11) is 0. The van der Waals surface area contributed by atoms with Crippen molar-refractivity contribution in [1.29, 1.82) is 0 Å². The molecule has 3 rings (SSSR count). The minimum Gasteiger partial charge on any atom is -0.378 e. The second-order valence-electron chi connectivity index (χ2n) is 5.54. The van der Waals surface area contributed by atoms with E-state index in [9.17, 15) is 9.59 Å². The summed E-state index contributed by atoms with van der Waals surface area (Å²) in [6.07, 6.45) is 0.972. The Morgan fingerprint density at radius 1 is 1.35 bits per heavy atom. The first kappa shape index (κ1) is 13.8. The number of carbonyl (C=O) groups is 2. The maximum Gasteiger partial charge on any atom is 0.234 e. The van der Waals surface area contributed by atoms with Crippen LogP contribution in [0.15, 0.2) is 28.7 Å². The van der Waals surface area contributed by atoms with Gasteiger partial charge < -0.3 is 4.74 Å². The number of hydrogen-bond acceptors (Lipinski definition) is 3. The molecular formula is C15H16BrNO3. The topological polar surface area (TPSA) is 55.4 Å². The summed E-state index contributed by atoms with van der Waals surface area (Å²) in [6.45, 7) is 2.56. The molecule has 1 spiro atoms. The molecule has 2 amide bonds. The van der Waals surface area contributed by atoms with Gasteiger partial charge in [-0.25, -0.2) is 0 Å². The minimum absolute atomic E-state index is 0.102. The average molecular weight is 338 g/mol. The number of halogens is 1. The van der Waals surface area contributed by atoms with Crippen molar-refractivity contribution in [3.63, 3.8) is 0 Å². The van der Waals surface area contributed by atoms with E-state index in [1.165, 1.54) is 0 Å². The van der Waals surface area contributed by atoms with Crippen LogP contribution in [0.2, 0.25) is 0 Å². The Morgan fingerprint density at radius 2 is 2.10 bits per heavy atom. The largest absolute Gasteiger partial charge is 0.378 e. The second kappa shape index (κ2) is 4.97. The van der Waals surface area contributed by atoms with Crippen LogP contribution in [0.3, 0.4) is 0 Å². The quantitative estimate of drug-likeness (QED) is 0.800. The van der Waals surface area contributed by atoms with Crippen molar-refractivity contribution >= 4 is 27.7 Å². The molecule has 5 heteroatoms. The highest BCUT2D eigenvalue weighted by molar-refractivity contribution is 9.10. The van der Waals surface area contributed by atoms with Gasteiger partial charge >= 0.3 is 0 Å². The van der Waals surface area contributed by atoms with Crippen molar-refractivity contribution in [3.05, 3.63) is 34.3 Å². The fourth-order valence-corrected chi connectivity index (χ4v) is 4.00. The molecule has 4 nitrogen and oxygen atoms in total. The van der Waals surface area contributed by atoms with Crippen molar-refractivity contribution in [2.24, 2.45) is 5.41 Å². The van der Waals surface area contributed by atoms with E-state index in [0.29, 0.717) is 13.0 Å². The van der Waals surface area contributed by atoms with Gasteiger partial charge in [0.25, 0.3) is 0 Å². The zero-order valence-corrected chi connectivity index (χ0v) is 12.8. The number of ether oxygens (including phenoxy) is 1. The molecule has 106 valence electrons. The SMILES string of the molecule is CC1OCCC12CC(=O)NC(=O)C2c1ccccc1Br. The van der Waals surface area contributed by atoms with E-state index in [2.05, 4.69) is 21.2 Å². The predicted octanol–water partition coefficient (Wildman–Crippen LogP) is 2.37. The van der Waals surface area contributed by atoms with E-state index in [-0.39, 0.29) is 23.8 Å². The number of rotatable bonds is 1. The zero-order valence-electron chi connectivity index (χ0n) is 11.2. The summed E-state index contributed by atoms with van der Waals surface area (Å²) in [6, 6.07) is 7.70. The fourth-order valence-electron chi connectivity index (χ4n) is 3.48. The summed E-state index contributed by atoms with van der Waals surface area (Å²) >= 11 is 3.52. The molecule has 0 bridgehead atoms. The normalized spacial score (nSPS) is 33.5. The molecule has 1 N–H and O–H groups in total. The van der Waals surface area contributed by atoms with Gasteiger partial charge in [0.15, 0.2) is 0 Å². The van der Waals surface area contributed by atoms with Crippen LogP contribution in [0.1, 0.15) is 31.2 Å². The monoisotopic (exact) mass is 337 g/mol. The lowest BCUT2D eigenvalue weighted by Crippen LogP contribution is -2.53. The molecule has 1 aromatic rings. The first-order valence-corrected chi connectivity index (χ1v) is 7.53. The number of carbonyl (C=O) groups excluding carboxylic acids is 2. The number of nitrogens with one attached hydrogen (secondary N) is 1. The van der Waals surface area contributed by atoms with Crippen LogP contribution >= 0.6 is 15.9 Å². The molecular weight excluding hydrogens is 322 g/mol. The Bertz CT molecular complexity index is 574. The molecule has 0 radical (unpaired) electrons. The minimum atomic E-state index is -0.427. The first-order valence-electron chi connectivity index (χ1n) is 6.74. The molecule has 20 heavy (non-hydrogen) atoms. The van der Waals surface area contributed by atoms with Crippen LogP contribution in [-0.4, -0.2) is 24.5 Å².